The van der Waals surface area contributed by atoms with Crippen molar-refractivity contribution in [1.29, 1.82) is 0 Å². The summed E-state index contributed by atoms with van der Waals surface area (Å²) in [5.41, 5.74) is 0.311. The quantitative estimate of drug-likeness (QED) is 0.408. The number of thiocarbonyl (C=S) groups is 1. The molecule has 2 nitrogen and oxygen atoms in total. The van der Waals surface area contributed by atoms with Crippen LogP contribution in [0.15, 0.2) is 17.6 Å². The first-order chi connectivity index (χ1) is 6.84. The normalized spacial score (nSPS) is 23.8. The molecule has 0 saturated carbocycles. The molecule has 1 saturated heterocycles. The highest BCUT2D eigenvalue weighted by atomic mass is 32.1. The topological polar surface area (TPSA) is 18.5 Å². The maximum atomic E-state index is 5.86. The van der Waals surface area contributed by atoms with Gasteiger partial charge in [-0.15, -0.1) is 0 Å². The molecule has 82 valence electrons. The zero-order valence-corrected chi connectivity index (χ0v) is 10.8. The highest BCUT2D eigenvalue weighted by Gasteiger charge is 2.51. The smallest absolute Gasteiger partial charge is 0.399 e. The van der Waals surface area contributed by atoms with Crippen molar-refractivity contribution >= 4 is 24.4 Å². The van der Waals surface area contributed by atoms with Crippen LogP contribution in [0.2, 0.25) is 0 Å². The Labute approximate surface area is 97.5 Å². The molecular weight excluding hydrogens is 207 g/mol. The van der Waals surface area contributed by atoms with Crippen molar-refractivity contribution in [2.45, 2.75) is 45.8 Å². The Balaban J connectivity index is 2.92. The third-order valence-corrected chi connectivity index (χ3v) is 3.20. The number of hydrogen-bond donors (Lipinski definition) is 0. The maximum absolute atomic E-state index is 5.86. The van der Waals surface area contributed by atoms with Crippen molar-refractivity contribution in [3.05, 3.63) is 17.6 Å². The average molecular weight is 224 g/mol. The second-order valence-electron chi connectivity index (χ2n) is 4.64. The van der Waals surface area contributed by atoms with Crippen LogP contribution in [0.4, 0.5) is 0 Å². The van der Waals surface area contributed by atoms with Gasteiger partial charge in [-0.05, 0) is 63.4 Å². The zero-order valence-electron chi connectivity index (χ0n) is 9.96. The molecule has 0 atom stereocenters. The first-order valence-electron chi connectivity index (χ1n) is 5.07. The third-order valence-electron chi connectivity index (χ3n) is 3.08. The minimum absolute atomic E-state index is 0.304. The Morgan fingerprint density at radius 3 is 2.00 bits per heavy atom. The summed E-state index contributed by atoms with van der Waals surface area (Å²) in [6.45, 7) is 10.1. The molecule has 1 fully saturated rings. The first-order valence-corrected chi connectivity index (χ1v) is 5.47. The summed E-state index contributed by atoms with van der Waals surface area (Å²) in [4.78, 5) is 0. The van der Waals surface area contributed by atoms with E-state index in [1.54, 1.807) is 6.08 Å². The van der Waals surface area contributed by atoms with Gasteiger partial charge in [0.15, 0.2) is 0 Å². The van der Waals surface area contributed by atoms with E-state index in [0.29, 0.717) is 0 Å². The summed E-state index contributed by atoms with van der Waals surface area (Å²) in [5, 5.41) is 2.58. The van der Waals surface area contributed by atoms with E-state index >= 15 is 0 Å². The first kappa shape index (κ1) is 12.7. The minimum Gasteiger partial charge on any atom is -0.399 e. The molecule has 15 heavy (non-hydrogen) atoms. The Hall–Kier alpha value is -0.405. The Morgan fingerprint density at radius 1 is 1.20 bits per heavy atom. The summed E-state index contributed by atoms with van der Waals surface area (Å²) in [5.74, 6) is 0. The molecule has 0 unspecified atom stereocenters. The predicted octanol–water partition coefficient (Wildman–Crippen LogP) is 2.72. The Morgan fingerprint density at radius 2 is 1.67 bits per heavy atom. The second-order valence-corrected chi connectivity index (χ2v) is 4.87. The molecular formula is C11H17BO2S. The number of hydrogen-bond acceptors (Lipinski definition) is 3. The van der Waals surface area contributed by atoms with Gasteiger partial charge in [0.1, 0.15) is 0 Å². The molecule has 0 aromatic rings. The van der Waals surface area contributed by atoms with Crippen LogP contribution >= 0.6 is 12.2 Å². The fourth-order valence-electron chi connectivity index (χ4n) is 1.33. The van der Waals surface area contributed by atoms with Gasteiger partial charge in [-0.25, -0.2) is 0 Å². The van der Waals surface area contributed by atoms with Crippen LogP contribution in [-0.4, -0.2) is 23.3 Å². The lowest BCUT2D eigenvalue weighted by molar-refractivity contribution is 0.00578. The molecule has 1 heterocycles. The maximum Gasteiger partial charge on any atom is 0.495 e. The molecule has 1 aliphatic heterocycles. The van der Waals surface area contributed by atoms with Gasteiger partial charge in [0.2, 0.25) is 0 Å². The fourth-order valence-corrected chi connectivity index (χ4v) is 1.47. The summed E-state index contributed by atoms with van der Waals surface area (Å²) in [6, 6.07) is 0. The molecule has 0 amide bonds. The Kier molecular flexibility index (Phi) is 3.57. The lowest BCUT2D eigenvalue weighted by atomic mass is 9.78. The van der Waals surface area contributed by atoms with E-state index in [0.717, 1.165) is 5.47 Å². The van der Waals surface area contributed by atoms with Crippen LogP contribution in [-0.2, 0) is 9.31 Å². The molecule has 0 spiro atoms. The van der Waals surface area contributed by atoms with Crippen molar-refractivity contribution in [2.75, 3.05) is 0 Å². The molecule has 4 heteroatoms. The molecule has 1 rings (SSSR count). The van der Waals surface area contributed by atoms with Crippen LogP contribution in [0.5, 0.6) is 0 Å². The van der Waals surface area contributed by atoms with Gasteiger partial charge in [-0.3, -0.25) is 0 Å². The lowest BCUT2D eigenvalue weighted by Crippen LogP contribution is -2.41. The van der Waals surface area contributed by atoms with E-state index in [1.807, 2.05) is 40.7 Å². The molecule has 0 aliphatic carbocycles. The SMILES string of the molecule is C/C=C(\C=C=S)B1OC(C)(C)C(C)(C)O1. The molecule has 1 aliphatic rings. The van der Waals surface area contributed by atoms with Crippen LogP contribution in [0.1, 0.15) is 34.6 Å². The van der Waals surface area contributed by atoms with Crippen LogP contribution in [0.3, 0.4) is 0 Å². The zero-order chi connectivity index (χ0) is 11.7. The van der Waals surface area contributed by atoms with Crippen molar-refractivity contribution in [3.8, 4) is 0 Å². The molecule has 0 aromatic carbocycles. The average Bonchev–Trinajstić information content (AvgIpc) is 2.32. The highest BCUT2D eigenvalue weighted by Crippen LogP contribution is 2.38. The van der Waals surface area contributed by atoms with E-state index in [2.05, 4.69) is 17.2 Å². The summed E-state index contributed by atoms with van der Waals surface area (Å²) in [7, 11) is -0.338. The van der Waals surface area contributed by atoms with Gasteiger partial charge >= 0.3 is 7.12 Å². The number of rotatable bonds is 2. The molecule has 0 aromatic heterocycles. The van der Waals surface area contributed by atoms with Crippen molar-refractivity contribution in [2.24, 2.45) is 0 Å². The van der Waals surface area contributed by atoms with Crippen molar-refractivity contribution in [3.63, 3.8) is 0 Å². The van der Waals surface area contributed by atoms with Crippen molar-refractivity contribution < 1.29 is 9.31 Å². The van der Waals surface area contributed by atoms with E-state index in [4.69, 9.17) is 9.31 Å². The highest BCUT2D eigenvalue weighted by molar-refractivity contribution is 7.78. The molecule has 0 N–H and O–H groups in total. The van der Waals surface area contributed by atoms with E-state index in [9.17, 15) is 0 Å². The summed E-state index contributed by atoms with van der Waals surface area (Å²) < 4.78 is 11.7. The number of allylic oxidation sites excluding steroid dienone is 3. The standard InChI is InChI=1S/C11H17BO2S/c1-6-9(7-8-15)12-13-10(2,3)11(4,5)14-12/h6-7H,1-5H3/b9-6+. The fraction of sp³-hybridized carbons (Fsp3) is 0.636. The summed E-state index contributed by atoms with van der Waals surface area (Å²) in [6.07, 6.45) is 3.65. The minimum atomic E-state index is -0.338. The van der Waals surface area contributed by atoms with Gasteiger partial charge in [0, 0.05) is 0 Å². The van der Waals surface area contributed by atoms with Crippen LogP contribution in [0, 0.1) is 0 Å². The second kappa shape index (κ2) is 4.22. The van der Waals surface area contributed by atoms with Crippen molar-refractivity contribution in [1.82, 2.24) is 0 Å². The monoisotopic (exact) mass is 224 g/mol. The van der Waals surface area contributed by atoms with Gasteiger partial charge in [0.05, 0.1) is 11.2 Å². The molecule has 0 radical (unpaired) electrons. The lowest BCUT2D eigenvalue weighted by Gasteiger charge is -2.32. The van der Waals surface area contributed by atoms with Crippen LogP contribution in [0.25, 0.3) is 0 Å². The van der Waals surface area contributed by atoms with Gasteiger partial charge in [0.25, 0.3) is 0 Å². The van der Waals surface area contributed by atoms with E-state index in [1.165, 1.54) is 0 Å². The summed E-state index contributed by atoms with van der Waals surface area (Å²) >= 11 is 4.69. The van der Waals surface area contributed by atoms with E-state index < -0.39 is 0 Å². The molecule has 0 bridgehead atoms. The van der Waals surface area contributed by atoms with Gasteiger partial charge in [-0.2, -0.15) is 0 Å². The van der Waals surface area contributed by atoms with E-state index in [-0.39, 0.29) is 18.3 Å². The predicted molar refractivity (Wildman–Crippen MR) is 67.0 cm³/mol. The van der Waals surface area contributed by atoms with Crippen LogP contribution < -0.4 is 0 Å². The third kappa shape index (κ3) is 2.40. The van der Waals surface area contributed by atoms with Gasteiger partial charge < -0.3 is 9.31 Å². The Bertz CT molecular complexity index is 311. The largest absolute Gasteiger partial charge is 0.495 e. The van der Waals surface area contributed by atoms with Gasteiger partial charge in [-0.1, -0.05) is 6.08 Å².